The van der Waals surface area contributed by atoms with E-state index in [4.69, 9.17) is 9.84 Å². The molecule has 2 unspecified atom stereocenters. The highest BCUT2D eigenvalue weighted by Crippen LogP contribution is 2.17. The van der Waals surface area contributed by atoms with Crippen LogP contribution in [0, 0.1) is 5.92 Å². The molecule has 2 heterocycles. The molecule has 4 nitrogen and oxygen atoms in total. The second kappa shape index (κ2) is 7.31. The quantitative estimate of drug-likeness (QED) is 0.735. The SMILES string of the molecule is OCCOC1CCCN(CC2CCCNC2)C1. The summed E-state index contributed by atoms with van der Waals surface area (Å²) in [6.45, 7) is 6.49. The lowest BCUT2D eigenvalue weighted by molar-refractivity contribution is -0.0181. The third-order valence-corrected chi connectivity index (χ3v) is 3.82. The molecule has 0 aromatic rings. The molecule has 4 heteroatoms. The van der Waals surface area contributed by atoms with E-state index in [2.05, 4.69) is 10.2 Å². The van der Waals surface area contributed by atoms with Crippen LogP contribution >= 0.6 is 0 Å². The second-order valence-electron chi connectivity index (χ2n) is 5.33. The van der Waals surface area contributed by atoms with E-state index in [0.29, 0.717) is 12.7 Å². The van der Waals surface area contributed by atoms with Crippen LogP contribution in [0.25, 0.3) is 0 Å². The molecular formula is C13H26N2O2. The number of hydrogen-bond acceptors (Lipinski definition) is 4. The van der Waals surface area contributed by atoms with E-state index in [1.807, 2.05) is 0 Å². The highest BCUT2D eigenvalue weighted by atomic mass is 16.5. The monoisotopic (exact) mass is 242 g/mol. The number of ether oxygens (including phenoxy) is 1. The van der Waals surface area contributed by atoms with Gasteiger partial charge in [0, 0.05) is 13.1 Å². The van der Waals surface area contributed by atoms with Crippen molar-refractivity contribution in [3.63, 3.8) is 0 Å². The van der Waals surface area contributed by atoms with Crippen LogP contribution in [0.4, 0.5) is 0 Å². The molecule has 0 bridgehead atoms. The van der Waals surface area contributed by atoms with Crippen molar-refractivity contribution in [1.29, 1.82) is 0 Å². The summed E-state index contributed by atoms with van der Waals surface area (Å²) in [5.74, 6) is 0.820. The topological polar surface area (TPSA) is 44.7 Å². The van der Waals surface area contributed by atoms with Crippen molar-refractivity contribution in [3.05, 3.63) is 0 Å². The van der Waals surface area contributed by atoms with Gasteiger partial charge in [0.1, 0.15) is 0 Å². The van der Waals surface area contributed by atoms with Gasteiger partial charge in [0.15, 0.2) is 0 Å². The standard InChI is InChI=1S/C13H26N2O2/c16-7-8-17-13-4-2-6-15(11-13)10-12-3-1-5-14-9-12/h12-14,16H,1-11H2. The Morgan fingerprint density at radius 3 is 3.00 bits per heavy atom. The number of nitrogens with one attached hydrogen (secondary N) is 1. The highest BCUT2D eigenvalue weighted by Gasteiger charge is 2.23. The van der Waals surface area contributed by atoms with E-state index in [9.17, 15) is 0 Å². The van der Waals surface area contributed by atoms with Gasteiger partial charge in [-0.05, 0) is 51.2 Å². The van der Waals surface area contributed by atoms with Crippen LogP contribution in [0.1, 0.15) is 25.7 Å². The highest BCUT2D eigenvalue weighted by molar-refractivity contribution is 4.78. The Hall–Kier alpha value is -0.160. The van der Waals surface area contributed by atoms with Gasteiger partial charge in [0.05, 0.1) is 19.3 Å². The first-order valence-electron chi connectivity index (χ1n) is 7.04. The molecule has 2 saturated heterocycles. The van der Waals surface area contributed by atoms with Crippen molar-refractivity contribution in [2.75, 3.05) is 45.9 Å². The van der Waals surface area contributed by atoms with Gasteiger partial charge in [0.25, 0.3) is 0 Å². The molecule has 2 N–H and O–H groups in total. The maximum Gasteiger partial charge on any atom is 0.0703 e. The summed E-state index contributed by atoms with van der Waals surface area (Å²) in [5, 5.41) is 12.3. The molecule has 100 valence electrons. The first-order chi connectivity index (χ1) is 8.38. The molecule has 17 heavy (non-hydrogen) atoms. The summed E-state index contributed by atoms with van der Waals surface area (Å²) >= 11 is 0. The lowest BCUT2D eigenvalue weighted by atomic mass is 9.97. The summed E-state index contributed by atoms with van der Waals surface area (Å²) in [7, 11) is 0. The van der Waals surface area contributed by atoms with Gasteiger partial charge in [-0.25, -0.2) is 0 Å². The van der Waals surface area contributed by atoms with Crippen LogP contribution in [0.5, 0.6) is 0 Å². The summed E-state index contributed by atoms with van der Waals surface area (Å²) in [6, 6.07) is 0. The molecule has 2 aliphatic rings. The number of nitrogens with zero attached hydrogens (tertiary/aromatic N) is 1. The molecule has 2 aliphatic heterocycles. The lowest BCUT2D eigenvalue weighted by Gasteiger charge is -2.36. The minimum absolute atomic E-state index is 0.142. The minimum atomic E-state index is 0.142. The van der Waals surface area contributed by atoms with Crippen LogP contribution in [0.15, 0.2) is 0 Å². The van der Waals surface area contributed by atoms with E-state index in [-0.39, 0.29) is 6.61 Å². The van der Waals surface area contributed by atoms with E-state index >= 15 is 0 Å². The average Bonchev–Trinajstić information content (AvgIpc) is 2.38. The zero-order valence-electron chi connectivity index (χ0n) is 10.7. The zero-order chi connectivity index (χ0) is 11.9. The number of piperidine rings is 2. The summed E-state index contributed by atoms with van der Waals surface area (Å²) in [6.07, 6.45) is 5.41. The maximum absolute atomic E-state index is 8.78. The molecule has 0 radical (unpaired) electrons. The Morgan fingerprint density at radius 2 is 2.24 bits per heavy atom. The van der Waals surface area contributed by atoms with Gasteiger partial charge < -0.3 is 20.1 Å². The van der Waals surface area contributed by atoms with Crippen LogP contribution in [0.3, 0.4) is 0 Å². The van der Waals surface area contributed by atoms with Crippen molar-refractivity contribution in [2.24, 2.45) is 5.92 Å². The van der Waals surface area contributed by atoms with E-state index in [1.165, 1.54) is 45.4 Å². The Kier molecular flexibility index (Phi) is 5.71. The number of rotatable bonds is 5. The van der Waals surface area contributed by atoms with Gasteiger partial charge >= 0.3 is 0 Å². The van der Waals surface area contributed by atoms with Gasteiger partial charge in [-0.3, -0.25) is 0 Å². The third-order valence-electron chi connectivity index (χ3n) is 3.82. The number of aliphatic hydroxyl groups excluding tert-OH is 1. The van der Waals surface area contributed by atoms with Crippen molar-refractivity contribution < 1.29 is 9.84 Å². The molecule has 0 amide bonds. The maximum atomic E-state index is 8.78. The van der Waals surface area contributed by atoms with Gasteiger partial charge in [0.2, 0.25) is 0 Å². The van der Waals surface area contributed by atoms with Gasteiger partial charge in [-0.1, -0.05) is 0 Å². The average molecular weight is 242 g/mol. The first kappa shape index (κ1) is 13.3. The molecule has 0 saturated carbocycles. The molecular weight excluding hydrogens is 216 g/mol. The van der Waals surface area contributed by atoms with Crippen molar-refractivity contribution in [1.82, 2.24) is 10.2 Å². The van der Waals surface area contributed by atoms with Gasteiger partial charge in [-0.15, -0.1) is 0 Å². The lowest BCUT2D eigenvalue weighted by Crippen LogP contribution is -2.45. The molecule has 0 spiro atoms. The number of hydrogen-bond donors (Lipinski definition) is 2. The smallest absolute Gasteiger partial charge is 0.0703 e. The minimum Gasteiger partial charge on any atom is -0.394 e. The number of aliphatic hydroxyl groups is 1. The largest absolute Gasteiger partial charge is 0.394 e. The van der Waals surface area contributed by atoms with Crippen molar-refractivity contribution in [2.45, 2.75) is 31.8 Å². The Morgan fingerprint density at radius 1 is 1.29 bits per heavy atom. The second-order valence-corrected chi connectivity index (χ2v) is 5.33. The van der Waals surface area contributed by atoms with E-state index in [0.717, 1.165) is 18.9 Å². The number of likely N-dealkylation sites (tertiary alicyclic amines) is 1. The van der Waals surface area contributed by atoms with Crippen molar-refractivity contribution >= 4 is 0 Å². The Bertz CT molecular complexity index is 208. The van der Waals surface area contributed by atoms with Crippen LogP contribution < -0.4 is 5.32 Å². The van der Waals surface area contributed by atoms with Gasteiger partial charge in [-0.2, -0.15) is 0 Å². The molecule has 2 rings (SSSR count). The predicted molar refractivity (Wildman–Crippen MR) is 68.1 cm³/mol. The fourth-order valence-electron chi connectivity index (χ4n) is 2.98. The normalized spacial score (nSPS) is 31.6. The summed E-state index contributed by atoms with van der Waals surface area (Å²) in [4.78, 5) is 2.54. The molecule has 0 aromatic carbocycles. The third kappa shape index (κ3) is 4.54. The van der Waals surface area contributed by atoms with Crippen LogP contribution in [0.2, 0.25) is 0 Å². The fraction of sp³-hybridized carbons (Fsp3) is 1.00. The molecule has 2 atom stereocenters. The Balaban J connectivity index is 1.68. The summed E-state index contributed by atoms with van der Waals surface area (Å²) in [5.41, 5.74) is 0. The van der Waals surface area contributed by atoms with E-state index in [1.54, 1.807) is 0 Å². The molecule has 0 aliphatic carbocycles. The molecule has 0 aromatic heterocycles. The predicted octanol–water partition coefficient (Wildman–Crippen LogP) is 0.459. The van der Waals surface area contributed by atoms with E-state index < -0.39 is 0 Å². The van der Waals surface area contributed by atoms with Crippen LogP contribution in [-0.2, 0) is 4.74 Å². The molecule has 2 fully saturated rings. The van der Waals surface area contributed by atoms with Crippen LogP contribution in [-0.4, -0.2) is 62.0 Å². The van der Waals surface area contributed by atoms with Crippen molar-refractivity contribution in [3.8, 4) is 0 Å². The Labute approximate surface area is 104 Å². The first-order valence-corrected chi connectivity index (χ1v) is 7.04. The fourth-order valence-corrected chi connectivity index (χ4v) is 2.98. The summed E-state index contributed by atoms with van der Waals surface area (Å²) < 4.78 is 5.64. The zero-order valence-corrected chi connectivity index (χ0v) is 10.7.